The van der Waals surface area contributed by atoms with Gasteiger partial charge < -0.3 is 25.2 Å². The third-order valence-corrected chi connectivity index (χ3v) is 9.73. The highest BCUT2D eigenvalue weighted by Gasteiger charge is 2.25. The predicted molar refractivity (Wildman–Crippen MR) is 175 cm³/mol. The molecule has 2 aliphatic rings. The molecular formula is C31H41N7O2S2. The minimum Gasteiger partial charge on any atom is -0.495 e. The number of thiophene rings is 1. The summed E-state index contributed by atoms with van der Waals surface area (Å²) in [6, 6.07) is 17.9. The smallest absolute Gasteiger partial charge is 0.229 e. The van der Waals surface area contributed by atoms with Crippen LogP contribution in [0.1, 0.15) is 12.8 Å². The molecule has 2 aliphatic heterocycles. The fourth-order valence-electron chi connectivity index (χ4n) is 5.37. The second-order valence-electron chi connectivity index (χ2n) is 10.8. The van der Waals surface area contributed by atoms with Crippen LogP contribution in [0.3, 0.4) is 0 Å². The zero-order chi connectivity index (χ0) is 29.5. The molecule has 1 atom stereocenters. The topological polar surface area (TPSA) is 85.9 Å². The van der Waals surface area contributed by atoms with E-state index in [9.17, 15) is 4.21 Å². The molecule has 2 saturated heterocycles. The number of nitrogens with zero attached hydrogens (tertiary/aromatic N) is 5. The summed E-state index contributed by atoms with van der Waals surface area (Å²) in [5.41, 5.74) is 2.37. The Hall–Kier alpha value is -3.09. The van der Waals surface area contributed by atoms with E-state index in [0.717, 1.165) is 32.5 Å². The number of rotatable bonds is 7. The van der Waals surface area contributed by atoms with Gasteiger partial charge in [-0.2, -0.15) is 4.98 Å². The van der Waals surface area contributed by atoms with Crippen LogP contribution >= 0.6 is 11.3 Å². The summed E-state index contributed by atoms with van der Waals surface area (Å²) in [4.78, 5) is 17.6. The molecule has 0 bridgehead atoms. The molecule has 2 N–H and O–H groups in total. The summed E-state index contributed by atoms with van der Waals surface area (Å²) in [7, 11) is 4.97. The fourth-order valence-corrected chi connectivity index (χ4v) is 6.84. The molecule has 2 aromatic carbocycles. The normalized spacial score (nSPS) is 17.8. The molecule has 11 heteroatoms. The van der Waals surface area contributed by atoms with Crippen LogP contribution in [0.15, 0.2) is 64.9 Å². The SMILES string of the molecule is CN1CCC(N2CCN(C)CC2)CC1.COc1ccccc1Nc1nc(Nc2ccccc2S(C)=O)c2sccc2n1. The monoisotopic (exact) mass is 607 g/mol. The maximum Gasteiger partial charge on any atom is 0.229 e. The van der Waals surface area contributed by atoms with E-state index in [1.165, 1.54) is 52.1 Å². The van der Waals surface area contributed by atoms with Gasteiger partial charge in [0.15, 0.2) is 5.82 Å². The first-order valence-corrected chi connectivity index (χ1v) is 16.8. The maximum atomic E-state index is 12.1. The van der Waals surface area contributed by atoms with Gasteiger partial charge in [-0.05, 0) is 75.7 Å². The first-order chi connectivity index (χ1) is 20.4. The summed E-state index contributed by atoms with van der Waals surface area (Å²) < 4.78 is 18.4. The van der Waals surface area contributed by atoms with Gasteiger partial charge in [0.05, 0.1) is 44.4 Å². The number of likely N-dealkylation sites (tertiary alicyclic amines) is 1. The number of piperidine rings is 1. The van der Waals surface area contributed by atoms with Crippen molar-refractivity contribution in [2.24, 2.45) is 0 Å². The van der Waals surface area contributed by atoms with E-state index in [2.05, 4.69) is 49.4 Å². The molecule has 1 unspecified atom stereocenters. The lowest BCUT2D eigenvalue weighted by Crippen LogP contribution is -2.51. The van der Waals surface area contributed by atoms with Crippen molar-refractivity contribution < 1.29 is 8.95 Å². The Labute approximate surface area is 255 Å². The number of ether oxygens (including phenoxy) is 1. The Bertz CT molecular complexity index is 1460. The lowest BCUT2D eigenvalue weighted by atomic mass is 10.0. The molecule has 0 amide bonds. The van der Waals surface area contributed by atoms with Gasteiger partial charge in [-0.3, -0.25) is 9.11 Å². The van der Waals surface area contributed by atoms with Crippen LogP contribution in [-0.2, 0) is 10.8 Å². The number of aromatic nitrogens is 2. The molecule has 0 radical (unpaired) electrons. The van der Waals surface area contributed by atoms with Gasteiger partial charge in [-0.15, -0.1) is 11.3 Å². The van der Waals surface area contributed by atoms with E-state index in [-0.39, 0.29) is 0 Å². The summed E-state index contributed by atoms with van der Waals surface area (Å²) in [6.07, 6.45) is 4.41. The van der Waals surface area contributed by atoms with Crippen LogP contribution in [-0.4, -0.2) is 102 Å². The van der Waals surface area contributed by atoms with Crippen LogP contribution < -0.4 is 15.4 Å². The quantitative estimate of drug-likeness (QED) is 0.293. The van der Waals surface area contributed by atoms with Crippen LogP contribution in [0.25, 0.3) is 10.2 Å². The van der Waals surface area contributed by atoms with Crippen LogP contribution in [0.4, 0.5) is 23.1 Å². The largest absolute Gasteiger partial charge is 0.495 e. The van der Waals surface area contributed by atoms with Crippen molar-refractivity contribution in [3.05, 3.63) is 60.0 Å². The summed E-state index contributed by atoms with van der Waals surface area (Å²) in [6.45, 7) is 7.66. The number of hydrogen-bond acceptors (Lipinski definition) is 10. The predicted octanol–water partition coefficient (Wildman–Crippen LogP) is 5.25. The molecular weight excluding hydrogens is 567 g/mol. The number of fused-ring (bicyclic) bond motifs is 1. The zero-order valence-electron chi connectivity index (χ0n) is 24.9. The van der Waals surface area contributed by atoms with Gasteiger partial charge in [0.25, 0.3) is 0 Å². The van der Waals surface area contributed by atoms with Crippen molar-refractivity contribution in [1.82, 2.24) is 24.7 Å². The maximum absolute atomic E-state index is 12.1. The zero-order valence-corrected chi connectivity index (χ0v) is 26.5. The first kappa shape index (κ1) is 30.4. The molecule has 4 heterocycles. The van der Waals surface area contributed by atoms with Crippen molar-refractivity contribution in [2.45, 2.75) is 23.8 Å². The number of nitrogens with one attached hydrogen (secondary N) is 2. The Morgan fingerprint density at radius 1 is 0.857 bits per heavy atom. The second kappa shape index (κ2) is 14.4. The highest BCUT2D eigenvalue weighted by atomic mass is 32.2. The average molecular weight is 608 g/mol. The number of methoxy groups -OCH3 is 1. The summed E-state index contributed by atoms with van der Waals surface area (Å²) in [5.74, 6) is 1.82. The van der Waals surface area contributed by atoms with Crippen molar-refractivity contribution >= 4 is 55.5 Å². The molecule has 224 valence electrons. The second-order valence-corrected chi connectivity index (χ2v) is 13.1. The third kappa shape index (κ3) is 7.64. The third-order valence-electron chi connectivity index (χ3n) is 7.85. The Kier molecular flexibility index (Phi) is 10.4. The lowest BCUT2D eigenvalue weighted by molar-refractivity contribution is 0.0742. The van der Waals surface area contributed by atoms with Crippen molar-refractivity contribution in [2.75, 3.05) is 77.4 Å². The highest BCUT2D eigenvalue weighted by Crippen LogP contribution is 2.33. The van der Waals surface area contributed by atoms with Gasteiger partial charge in [-0.1, -0.05) is 24.3 Å². The molecule has 2 aromatic heterocycles. The minimum absolute atomic E-state index is 0.452. The molecule has 0 saturated carbocycles. The number of likely N-dealkylation sites (N-methyl/N-ethyl adjacent to an activating group) is 1. The number of hydrogen-bond donors (Lipinski definition) is 2. The fraction of sp³-hybridized carbons (Fsp3) is 0.419. The average Bonchev–Trinajstić information content (AvgIpc) is 3.48. The number of piperazine rings is 1. The molecule has 0 aliphatic carbocycles. The molecule has 6 rings (SSSR count). The lowest BCUT2D eigenvalue weighted by Gasteiger charge is -2.41. The van der Waals surface area contributed by atoms with Crippen LogP contribution in [0.2, 0.25) is 0 Å². The van der Waals surface area contributed by atoms with E-state index in [1.807, 2.05) is 60.0 Å². The molecule has 9 nitrogen and oxygen atoms in total. The van der Waals surface area contributed by atoms with E-state index in [0.29, 0.717) is 17.5 Å². The van der Waals surface area contributed by atoms with Crippen molar-refractivity contribution in [3.8, 4) is 5.75 Å². The molecule has 4 aromatic rings. The van der Waals surface area contributed by atoms with E-state index < -0.39 is 10.8 Å². The number of benzene rings is 2. The van der Waals surface area contributed by atoms with Gasteiger partial charge in [-0.25, -0.2) is 4.98 Å². The van der Waals surface area contributed by atoms with Gasteiger partial charge in [0.2, 0.25) is 5.95 Å². The molecule has 0 spiro atoms. The Balaban J connectivity index is 0.000000211. The summed E-state index contributed by atoms with van der Waals surface area (Å²) >= 11 is 1.55. The first-order valence-electron chi connectivity index (χ1n) is 14.4. The minimum atomic E-state index is -1.11. The molecule has 42 heavy (non-hydrogen) atoms. The van der Waals surface area contributed by atoms with E-state index in [1.54, 1.807) is 24.7 Å². The van der Waals surface area contributed by atoms with Gasteiger partial charge in [0.1, 0.15) is 5.75 Å². The van der Waals surface area contributed by atoms with Crippen LogP contribution in [0, 0.1) is 0 Å². The summed E-state index contributed by atoms with van der Waals surface area (Å²) in [5, 5.41) is 8.53. The Morgan fingerprint density at radius 3 is 2.24 bits per heavy atom. The van der Waals surface area contributed by atoms with Gasteiger partial charge >= 0.3 is 0 Å². The van der Waals surface area contributed by atoms with Gasteiger partial charge in [0, 0.05) is 38.5 Å². The molecule has 2 fully saturated rings. The Morgan fingerprint density at radius 2 is 1.52 bits per heavy atom. The van der Waals surface area contributed by atoms with E-state index >= 15 is 0 Å². The number of anilines is 4. The standard InChI is InChI=1S/C20H18N4O2S2.C11H23N3/c1-26-16-9-5-3-7-13(16)22-20-23-15-11-12-27-18(15)19(24-20)21-14-8-4-6-10-17(14)28(2)25;1-12-5-3-11(4-6-12)14-9-7-13(2)8-10-14/h3-12H,1-2H3,(H2,21,22,23,24);11H,3-10H2,1-2H3. The van der Waals surface area contributed by atoms with Crippen molar-refractivity contribution in [1.29, 1.82) is 0 Å². The van der Waals surface area contributed by atoms with E-state index in [4.69, 9.17) is 4.74 Å². The highest BCUT2D eigenvalue weighted by molar-refractivity contribution is 7.84. The van der Waals surface area contributed by atoms with Crippen molar-refractivity contribution in [3.63, 3.8) is 0 Å². The van der Waals surface area contributed by atoms with Crippen LogP contribution in [0.5, 0.6) is 5.75 Å². The number of para-hydroxylation sites is 3.